The van der Waals surface area contributed by atoms with Crippen LogP contribution >= 0.6 is 0 Å². The molecule has 2 heterocycles. The number of carbonyl (C=O) groups is 3. The minimum atomic E-state index is -0.575. The number of ether oxygens (including phenoxy) is 2. The first-order valence-electron chi connectivity index (χ1n) is 9.77. The highest BCUT2D eigenvalue weighted by Crippen LogP contribution is 2.41. The summed E-state index contributed by atoms with van der Waals surface area (Å²) in [5.41, 5.74) is 0.313. The van der Waals surface area contributed by atoms with Crippen LogP contribution in [-0.4, -0.2) is 61.3 Å². The third-order valence-electron chi connectivity index (χ3n) is 5.87. The molecule has 1 aromatic rings. The molecule has 0 saturated carbocycles. The SMILES string of the molecule is CCC(=O)C(=O)N1CCC2(CCCN(Cc3cccc(OC)c3OC)C2=O)C1. The van der Waals surface area contributed by atoms with Gasteiger partial charge in [-0.1, -0.05) is 19.1 Å². The fourth-order valence-corrected chi connectivity index (χ4v) is 4.34. The summed E-state index contributed by atoms with van der Waals surface area (Å²) in [6.07, 6.45) is 2.43. The number of hydrogen-bond donors (Lipinski definition) is 0. The number of piperidine rings is 1. The molecule has 0 bridgehead atoms. The van der Waals surface area contributed by atoms with Crippen molar-refractivity contribution in [3.8, 4) is 11.5 Å². The summed E-state index contributed by atoms with van der Waals surface area (Å²) in [7, 11) is 3.18. The summed E-state index contributed by atoms with van der Waals surface area (Å²) in [6.45, 7) is 3.58. The molecule has 3 rings (SSSR count). The molecule has 0 aliphatic carbocycles. The highest BCUT2D eigenvalue weighted by molar-refractivity contribution is 6.36. The molecule has 2 aliphatic rings. The van der Waals surface area contributed by atoms with E-state index >= 15 is 0 Å². The Kier molecular flexibility index (Phi) is 5.91. The third kappa shape index (κ3) is 3.57. The third-order valence-corrected chi connectivity index (χ3v) is 5.87. The molecule has 2 saturated heterocycles. The lowest BCUT2D eigenvalue weighted by atomic mass is 9.78. The predicted octanol–water partition coefficient (Wildman–Crippen LogP) is 2.02. The van der Waals surface area contributed by atoms with Crippen LogP contribution in [0.1, 0.15) is 38.2 Å². The Balaban J connectivity index is 1.77. The molecule has 1 unspecified atom stereocenters. The van der Waals surface area contributed by atoms with Crippen LogP contribution in [0.5, 0.6) is 11.5 Å². The highest BCUT2D eigenvalue weighted by atomic mass is 16.5. The van der Waals surface area contributed by atoms with E-state index in [0.29, 0.717) is 44.1 Å². The molecular formula is C21H28N2O5. The molecule has 2 aliphatic heterocycles. The van der Waals surface area contributed by atoms with E-state index in [2.05, 4.69) is 0 Å². The topological polar surface area (TPSA) is 76.2 Å². The van der Waals surface area contributed by atoms with E-state index in [1.807, 2.05) is 23.1 Å². The van der Waals surface area contributed by atoms with Crippen molar-refractivity contribution in [3.63, 3.8) is 0 Å². The van der Waals surface area contributed by atoms with Gasteiger partial charge in [0.2, 0.25) is 11.7 Å². The monoisotopic (exact) mass is 388 g/mol. The van der Waals surface area contributed by atoms with Gasteiger partial charge < -0.3 is 19.3 Å². The van der Waals surface area contributed by atoms with Gasteiger partial charge >= 0.3 is 0 Å². The standard InChI is InChI=1S/C21H28N2O5/c1-4-16(24)19(25)23-12-10-21(14-23)9-6-11-22(20(21)26)13-15-7-5-8-17(27-2)18(15)28-3/h5,7-8H,4,6,9-14H2,1-3H3. The molecule has 2 amide bonds. The van der Waals surface area contributed by atoms with Crippen LogP contribution in [0.4, 0.5) is 0 Å². The van der Waals surface area contributed by atoms with Crippen molar-refractivity contribution in [1.29, 1.82) is 0 Å². The van der Waals surface area contributed by atoms with Crippen molar-refractivity contribution >= 4 is 17.6 Å². The maximum atomic E-state index is 13.3. The molecule has 152 valence electrons. The van der Waals surface area contributed by atoms with Crippen molar-refractivity contribution in [2.75, 3.05) is 33.9 Å². The van der Waals surface area contributed by atoms with Gasteiger partial charge in [-0.2, -0.15) is 0 Å². The summed E-state index contributed by atoms with van der Waals surface area (Å²) in [4.78, 5) is 40.8. The fourth-order valence-electron chi connectivity index (χ4n) is 4.34. The smallest absolute Gasteiger partial charge is 0.289 e. The Bertz CT molecular complexity index is 778. The maximum Gasteiger partial charge on any atom is 0.289 e. The lowest BCUT2D eigenvalue weighted by molar-refractivity contribution is -0.148. The number of benzene rings is 1. The summed E-state index contributed by atoms with van der Waals surface area (Å²) < 4.78 is 10.9. The van der Waals surface area contributed by atoms with Crippen LogP contribution in [0.25, 0.3) is 0 Å². The van der Waals surface area contributed by atoms with Crippen molar-refractivity contribution in [2.24, 2.45) is 5.41 Å². The van der Waals surface area contributed by atoms with Crippen molar-refractivity contribution < 1.29 is 23.9 Å². The van der Waals surface area contributed by atoms with Gasteiger partial charge in [0, 0.05) is 38.2 Å². The number of amides is 2. The Morgan fingerprint density at radius 1 is 1.14 bits per heavy atom. The van der Waals surface area contributed by atoms with Gasteiger partial charge in [-0.3, -0.25) is 14.4 Å². The first-order chi connectivity index (χ1) is 13.5. The lowest BCUT2D eigenvalue weighted by Crippen LogP contribution is -2.50. The van der Waals surface area contributed by atoms with Gasteiger partial charge in [0.05, 0.1) is 19.6 Å². The molecule has 0 aromatic heterocycles. The maximum absolute atomic E-state index is 13.3. The van der Waals surface area contributed by atoms with Crippen LogP contribution in [0, 0.1) is 5.41 Å². The van der Waals surface area contributed by atoms with E-state index in [1.54, 1.807) is 26.0 Å². The Hall–Kier alpha value is -2.57. The van der Waals surface area contributed by atoms with E-state index in [-0.39, 0.29) is 12.3 Å². The molecule has 7 nitrogen and oxygen atoms in total. The van der Waals surface area contributed by atoms with Crippen molar-refractivity contribution in [3.05, 3.63) is 23.8 Å². The average molecular weight is 388 g/mol. The van der Waals surface area contributed by atoms with E-state index in [0.717, 1.165) is 18.4 Å². The van der Waals surface area contributed by atoms with Crippen LogP contribution in [0.3, 0.4) is 0 Å². The largest absolute Gasteiger partial charge is 0.493 e. The fraction of sp³-hybridized carbons (Fsp3) is 0.571. The minimum Gasteiger partial charge on any atom is -0.493 e. The molecular weight excluding hydrogens is 360 g/mol. The molecule has 1 aromatic carbocycles. The second-order valence-electron chi connectivity index (χ2n) is 7.52. The highest BCUT2D eigenvalue weighted by Gasteiger charge is 2.49. The number of methoxy groups -OCH3 is 2. The first kappa shape index (κ1) is 20.2. The van der Waals surface area contributed by atoms with Crippen molar-refractivity contribution in [1.82, 2.24) is 9.80 Å². The Morgan fingerprint density at radius 2 is 1.93 bits per heavy atom. The number of rotatable bonds is 6. The molecule has 1 atom stereocenters. The summed E-state index contributed by atoms with van der Waals surface area (Å²) in [5, 5.41) is 0. The number of ketones is 1. The number of carbonyl (C=O) groups excluding carboxylic acids is 3. The van der Waals surface area contributed by atoms with Gasteiger partial charge in [0.1, 0.15) is 0 Å². The summed E-state index contributed by atoms with van der Waals surface area (Å²) in [6, 6.07) is 5.64. The summed E-state index contributed by atoms with van der Waals surface area (Å²) >= 11 is 0. The number of Topliss-reactive ketones (excluding diaryl/α,β-unsaturated/α-hetero) is 1. The van der Waals surface area contributed by atoms with E-state index < -0.39 is 17.1 Å². The van der Waals surface area contributed by atoms with Crippen LogP contribution < -0.4 is 9.47 Å². The molecule has 1 spiro atoms. The quantitative estimate of drug-likeness (QED) is 0.697. The summed E-state index contributed by atoms with van der Waals surface area (Å²) in [5.74, 6) is 0.476. The van der Waals surface area contributed by atoms with Gasteiger partial charge in [0.25, 0.3) is 5.91 Å². The molecule has 0 N–H and O–H groups in total. The Morgan fingerprint density at radius 3 is 2.61 bits per heavy atom. The minimum absolute atomic E-state index is 0.0582. The zero-order valence-corrected chi connectivity index (χ0v) is 16.8. The molecule has 0 radical (unpaired) electrons. The van der Waals surface area contributed by atoms with Gasteiger partial charge in [-0.15, -0.1) is 0 Å². The number of para-hydroxylation sites is 1. The van der Waals surface area contributed by atoms with E-state index in [9.17, 15) is 14.4 Å². The van der Waals surface area contributed by atoms with E-state index in [1.165, 1.54) is 0 Å². The zero-order valence-electron chi connectivity index (χ0n) is 16.8. The van der Waals surface area contributed by atoms with Gasteiger partial charge in [-0.25, -0.2) is 0 Å². The van der Waals surface area contributed by atoms with Crippen LogP contribution in [0.2, 0.25) is 0 Å². The first-order valence-corrected chi connectivity index (χ1v) is 9.77. The van der Waals surface area contributed by atoms with Gasteiger partial charge in [0.15, 0.2) is 11.5 Å². The molecule has 7 heteroatoms. The van der Waals surface area contributed by atoms with Gasteiger partial charge in [-0.05, 0) is 25.3 Å². The predicted molar refractivity (Wildman–Crippen MR) is 103 cm³/mol. The second kappa shape index (κ2) is 8.20. The van der Waals surface area contributed by atoms with Crippen LogP contribution in [0.15, 0.2) is 18.2 Å². The Labute approximate surface area is 165 Å². The normalized spacial score (nSPS) is 21.9. The second-order valence-corrected chi connectivity index (χ2v) is 7.52. The van der Waals surface area contributed by atoms with E-state index in [4.69, 9.17) is 9.47 Å². The number of nitrogens with zero attached hydrogens (tertiary/aromatic N) is 2. The van der Waals surface area contributed by atoms with Crippen LogP contribution in [-0.2, 0) is 20.9 Å². The number of likely N-dealkylation sites (tertiary alicyclic amines) is 2. The van der Waals surface area contributed by atoms with Crippen molar-refractivity contribution in [2.45, 2.75) is 39.2 Å². The lowest BCUT2D eigenvalue weighted by Gasteiger charge is -2.39. The zero-order chi connectivity index (χ0) is 20.3. The number of hydrogen-bond acceptors (Lipinski definition) is 5. The molecule has 28 heavy (non-hydrogen) atoms. The average Bonchev–Trinajstić information content (AvgIpc) is 3.15. The molecule has 2 fully saturated rings.